The van der Waals surface area contributed by atoms with E-state index < -0.39 is 17.5 Å². The zero-order chi connectivity index (χ0) is 11.7. The first kappa shape index (κ1) is 10.0. The van der Waals surface area contributed by atoms with Gasteiger partial charge in [0.05, 0.1) is 0 Å². The minimum absolute atomic E-state index is 0.0532. The first-order chi connectivity index (χ1) is 7.56. The third-order valence-corrected chi connectivity index (χ3v) is 1.88. The molecule has 0 radical (unpaired) electrons. The Bertz CT molecular complexity index is 612. The average Bonchev–Trinajstić information content (AvgIpc) is 2.19. The van der Waals surface area contributed by atoms with Gasteiger partial charge in [-0.05, 0) is 18.2 Å². The summed E-state index contributed by atoms with van der Waals surface area (Å²) in [5.41, 5.74) is -0.761. The molecule has 0 aliphatic carbocycles. The molecule has 1 aromatic carbocycles. The van der Waals surface area contributed by atoms with Crippen LogP contribution in [0.4, 0.5) is 4.79 Å². The molecule has 0 saturated heterocycles. The van der Waals surface area contributed by atoms with Crippen LogP contribution in [0.25, 0.3) is 11.0 Å². The lowest BCUT2D eigenvalue weighted by Gasteiger charge is -2.00. The second kappa shape index (κ2) is 3.58. The highest BCUT2D eigenvalue weighted by Gasteiger charge is 2.10. The predicted octanol–water partition coefficient (Wildman–Crippen LogP) is 1.56. The number of aromatic hydroxyl groups is 1. The number of fused-ring (bicyclic) bond motifs is 1. The Balaban J connectivity index is 2.63. The Labute approximate surface area is 88.3 Å². The molecule has 0 saturated carbocycles. The Morgan fingerprint density at radius 3 is 2.75 bits per heavy atom. The molecule has 0 fully saturated rings. The first-order valence-electron chi connectivity index (χ1n) is 4.24. The summed E-state index contributed by atoms with van der Waals surface area (Å²) in [5.74, 6) is -0.465. The summed E-state index contributed by atoms with van der Waals surface area (Å²) in [4.78, 5) is 21.5. The van der Waals surface area contributed by atoms with Gasteiger partial charge >= 0.3 is 11.8 Å². The fourth-order valence-corrected chi connectivity index (χ4v) is 1.25. The van der Waals surface area contributed by atoms with Crippen molar-refractivity contribution < 1.29 is 24.2 Å². The molecular formula is C10H6O6. The van der Waals surface area contributed by atoms with Crippen molar-refractivity contribution in [2.45, 2.75) is 0 Å². The third kappa shape index (κ3) is 1.81. The lowest BCUT2D eigenvalue weighted by molar-refractivity contribution is 0.142. The second-order valence-corrected chi connectivity index (χ2v) is 2.99. The maximum Gasteiger partial charge on any atom is 0.511 e. The normalized spacial score (nSPS) is 10.2. The van der Waals surface area contributed by atoms with E-state index in [1.165, 1.54) is 24.3 Å². The summed E-state index contributed by atoms with van der Waals surface area (Å²) in [6.45, 7) is 0. The number of carbonyl (C=O) groups is 1. The van der Waals surface area contributed by atoms with Gasteiger partial charge in [0.15, 0.2) is 0 Å². The van der Waals surface area contributed by atoms with Crippen molar-refractivity contribution in [1.29, 1.82) is 0 Å². The molecule has 0 bridgehead atoms. The number of carboxylic acid groups (broad SMARTS) is 1. The summed E-state index contributed by atoms with van der Waals surface area (Å²) in [6, 6.07) is 5.34. The second-order valence-electron chi connectivity index (χ2n) is 2.99. The van der Waals surface area contributed by atoms with Crippen LogP contribution in [0.15, 0.2) is 33.5 Å². The Kier molecular flexibility index (Phi) is 2.24. The van der Waals surface area contributed by atoms with Gasteiger partial charge < -0.3 is 19.4 Å². The highest BCUT2D eigenvalue weighted by Crippen LogP contribution is 2.21. The third-order valence-electron chi connectivity index (χ3n) is 1.88. The maximum atomic E-state index is 11.2. The molecule has 6 heteroatoms. The van der Waals surface area contributed by atoms with E-state index in [1.54, 1.807) is 0 Å². The first-order valence-corrected chi connectivity index (χ1v) is 4.24. The lowest BCUT2D eigenvalue weighted by Crippen LogP contribution is -2.11. The minimum atomic E-state index is -1.59. The van der Waals surface area contributed by atoms with Crippen molar-refractivity contribution in [3.8, 4) is 11.5 Å². The molecular weight excluding hydrogens is 216 g/mol. The summed E-state index contributed by atoms with van der Waals surface area (Å²) in [5, 5.41) is 18.0. The van der Waals surface area contributed by atoms with E-state index in [1.807, 2.05) is 0 Å². The van der Waals surface area contributed by atoms with E-state index in [0.29, 0.717) is 5.39 Å². The van der Waals surface area contributed by atoms with Crippen LogP contribution in [-0.2, 0) is 0 Å². The molecule has 16 heavy (non-hydrogen) atoms. The van der Waals surface area contributed by atoms with E-state index in [2.05, 4.69) is 4.74 Å². The highest BCUT2D eigenvalue weighted by molar-refractivity contribution is 5.79. The van der Waals surface area contributed by atoms with Gasteiger partial charge in [0.2, 0.25) is 5.75 Å². The molecule has 2 rings (SSSR count). The van der Waals surface area contributed by atoms with Crippen LogP contribution < -0.4 is 10.4 Å². The van der Waals surface area contributed by atoms with Crippen molar-refractivity contribution in [1.82, 2.24) is 0 Å². The van der Waals surface area contributed by atoms with Crippen LogP contribution in [0.1, 0.15) is 0 Å². The highest BCUT2D eigenvalue weighted by atomic mass is 16.7. The van der Waals surface area contributed by atoms with Crippen LogP contribution in [-0.4, -0.2) is 16.4 Å². The number of benzene rings is 1. The molecule has 0 spiro atoms. The summed E-state index contributed by atoms with van der Waals surface area (Å²) < 4.78 is 9.00. The molecule has 1 aromatic heterocycles. The van der Waals surface area contributed by atoms with E-state index in [4.69, 9.17) is 14.6 Å². The van der Waals surface area contributed by atoms with Crippen molar-refractivity contribution in [3.05, 3.63) is 34.7 Å². The van der Waals surface area contributed by atoms with Gasteiger partial charge in [-0.15, -0.1) is 0 Å². The Hall–Kier alpha value is -2.50. The summed E-state index contributed by atoms with van der Waals surface area (Å²) in [7, 11) is 0. The predicted molar refractivity (Wildman–Crippen MR) is 52.8 cm³/mol. The number of phenols is 1. The van der Waals surface area contributed by atoms with E-state index in [0.717, 1.165) is 0 Å². The van der Waals surface area contributed by atoms with E-state index in [9.17, 15) is 9.59 Å². The number of hydrogen-bond donors (Lipinski definition) is 2. The molecule has 1 heterocycles. The fraction of sp³-hybridized carbons (Fsp3) is 0. The van der Waals surface area contributed by atoms with Gasteiger partial charge in [0.1, 0.15) is 11.3 Å². The fourth-order valence-electron chi connectivity index (χ4n) is 1.25. The molecule has 0 amide bonds. The van der Waals surface area contributed by atoms with Crippen LogP contribution in [0.5, 0.6) is 11.5 Å². The molecule has 0 unspecified atom stereocenters. The standard InChI is InChI=1S/C10H6O6/c11-6-2-1-5-3-8(16-10(13)14)9(12)15-7(5)4-6/h1-4,11H,(H,13,14). The minimum Gasteiger partial charge on any atom is -0.508 e. The average molecular weight is 222 g/mol. The van der Waals surface area contributed by atoms with Gasteiger partial charge in [-0.2, -0.15) is 0 Å². The van der Waals surface area contributed by atoms with Gasteiger partial charge in [-0.3, -0.25) is 0 Å². The number of rotatable bonds is 1. The smallest absolute Gasteiger partial charge is 0.508 e. The van der Waals surface area contributed by atoms with Gasteiger partial charge in [0.25, 0.3) is 0 Å². The molecule has 2 aromatic rings. The maximum absolute atomic E-state index is 11.2. The Morgan fingerprint density at radius 1 is 1.31 bits per heavy atom. The molecule has 0 aliphatic heterocycles. The van der Waals surface area contributed by atoms with Crippen molar-refractivity contribution >= 4 is 17.1 Å². The van der Waals surface area contributed by atoms with E-state index in [-0.39, 0.29) is 11.3 Å². The number of hydrogen-bond acceptors (Lipinski definition) is 5. The van der Waals surface area contributed by atoms with Gasteiger partial charge in [0, 0.05) is 11.5 Å². The quantitative estimate of drug-likeness (QED) is 0.561. The van der Waals surface area contributed by atoms with Crippen molar-refractivity contribution in [3.63, 3.8) is 0 Å². The van der Waals surface area contributed by atoms with E-state index >= 15 is 0 Å². The Morgan fingerprint density at radius 2 is 2.06 bits per heavy atom. The van der Waals surface area contributed by atoms with Gasteiger partial charge in [-0.1, -0.05) is 0 Å². The molecule has 2 N–H and O–H groups in total. The van der Waals surface area contributed by atoms with Crippen LogP contribution in [0.2, 0.25) is 0 Å². The van der Waals surface area contributed by atoms with Crippen LogP contribution in [0.3, 0.4) is 0 Å². The lowest BCUT2D eigenvalue weighted by atomic mass is 10.2. The van der Waals surface area contributed by atoms with Crippen molar-refractivity contribution in [2.75, 3.05) is 0 Å². The molecule has 0 atom stereocenters. The zero-order valence-electron chi connectivity index (χ0n) is 7.84. The van der Waals surface area contributed by atoms with Crippen molar-refractivity contribution in [2.24, 2.45) is 0 Å². The van der Waals surface area contributed by atoms with Crippen LogP contribution >= 0.6 is 0 Å². The number of ether oxygens (including phenoxy) is 1. The van der Waals surface area contributed by atoms with Crippen LogP contribution in [0, 0.1) is 0 Å². The number of phenolic OH excluding ortho intramolecular Hbond substituents is 1. The summed E-state index contributed by atoms with van der Waals surface area (Å²) in [6.07, 6.45) is -1.59. The monoisotopic (exact) mass is 222 g/mol. The summed E-state index contributed by atoms with van der Waals surface area (Å²) >= 11 is 0. The SMILES string of the molecule is O=C(O)Oc1cc2ccc(O)cc2oc1=O. The van der Waals surface area contributed by atoms with Gasteiger partial charge in [-0.25, -0.2) is 9.59 Å². The largest absolute Gasteiger partial charge is 0.511 e. The molecule has 6 nitrogen and oxygen atoms in total. The molecule has 82 valence electrons. The molecule has 0 aliphatic rings. The topological polar surface area (TPSA) is 97.0 Å². The zero-order valence-corrected chi connectivity index (χ0v) is 7.84.